The van der Waals surface area contributed by atoms with Gasteiger partial charge in [0.05, 0.1) is 0 Å². The second kappa shape index (κ2) is 3.66. The van der Waals surface area contributed by atoms with E-state index in [1.807, 2.05) is 0 Å². The van der Waals surface area contributed by atoms with Gasteiger partial charge in [0.1, 0.15) is 0 Å². The molecule has 0 bridgehead atoms. The third-order valence-corrected chi connectivity index (χ3v) is 3.97. The van der Waals surface area contributed by atoms with Crippen molar-refractivity contribution in [1.82, 2.24) is 0 Å². The van der Waals surface area contributed by atoms with Gasteiger partial charge < -0.3 is 10.2 Å². The van der Waals surface area contributed by atoms with Gasteiger partial charge >= 0.3 is 11.9 Å². The SMILES string of the molecule is CC1SCCCC1(O)C(F)(F)C(=O)O. The highest BCUT2D eigenvalue weighted by atomic mass is 32.2. The summed E-state index contributed by atoms with van der Waals surface area (Å²) >= 11 is 1.18. The highest BCUT2D eigenvalue weighted by Gasteiger charge is 2.62. The molecule has 82 valence electrons. The fourth-order valence-electron chi connectivity index (χ4n) is 1.54. The summed E-state index contributed by atoms with van der Waals surface area (Å²) in [4.78, 5) is 10.4. The van der Waals surface area contributed by atoms with Crippen molar-refractivity contribution in [3.63, 3.8) is 0 Å². The van der Waals surface area contributed by atoms with Gasteiger partial charge in [-0.3, -0.25) is 0 Å². The van der Waals surface area contributed by atoms with Crippen LogP contribution in [0.4, 0.5) is 8.78 Å². The Kier molecular flexibility index (Phi) is 3.06. The standard InChI is InChI=1S/C8H12F2O3S/c1-5-7(13,3-2-4-14-5)8(9,10)6(11)12/h5,13H,2-4H2,1H3,(H,11,12). The molecule has 1 aliphatic heterocycles. The summed E-state index contributed by atoms with van der Waals surface area (Å²) in [6.07, 6.45) is 0.245. The number of carbonyl (C=O) groups is 1. The third-order valence-electron chi connectivity index (χ3n) is 2.55. The predicted octanol–water partition coefficient (Wildman–Crippen LogP) is 1.35. The van der Waals surface area contributed by atoms with Crippen molar-refractivity contribution < 1.29 is 23.8 Å². The van der Waals surface area contributed by atoms with Crippen LogP contribution in [0.2, 0.25) is 0 Å². The summed E-state index contributed by atoms with van der Waals surface area (Å²) < 4.78 is 26.4. The molecule has 6 heteroatoms. The molecule has 2 unspecified atom stereocenters. The molecular formula is C8H12F2O3S. The van der Waals surface area contributed by atoms with E-state index in [2.05, 4.69) is 0 Å². The summed E-state index contributed by atoms with van der Waals surface area (Å²) in [5, 5.41) is 17.3. The van der Waals surface area contributed by atoms with Crippen LogP contribution >= 0.6 is 11.8 Å². The minimum Gasteiger partial charge on any atom is -0.477 e. The second-order valence-electron chi connectivity index (χ2n) is 3.42. The van der Waals surface area contributed by atoms with E-state index >= 15 is 0 Å². The molecule has 0 aromatic carbocycles. The molecule has 0 amide bonds. The average molecular weight is 226 g/mol. The van der Waals surface area contributed by atoms with E-state index in [1.165, 1.54) is 18.7 Å². The van der Waals surface area contributed by atoms with Crippen LogP contribution in [0.15, 0.2) is 0 Å². The lowest BCUT2D eigenvalue weighted by Crippen LogP contribution is -2.59. The number of carboxylic acids is 1. The Morgan fingerprint density at radius 1 is 1.64 bits per heavy atom. The maximum absolute atomic E-state index is 13.2. The highest BCUT2D eigenvalue weighted by Crippen LogP contribution is 2.43. The zero-order valence-corrected chi connectivity index (χ0v) is 8.48. The summed E-state index contributed by atoms with van der Waals surface area (Å²) in [6, 6.07) is 0. The summed E-state index contributed by atoms with van der Waals surface area (Å²) in [7, 11) is 0. The van der Waals surface area contributed by atoms with Gasteiger partial charge in [-0.2, -0.15) is 20.5 Å². The molecule has 0 aliphatic carbocycles. The Morgan fingerprint density at radius 2 is 2.21 bits per heavy atom. The summed E-state index contributed by atoms with van der Waals surface area (Å²) in [5.41, 5.74) is -2.41. The molecule has 2 atom stereocenters. The quantitative estimate of drug-likeness (QED) is 0.746. The molecule has 0 aromatic heterocycles. The topological polar surface area (TPSA) is 57.5 Å². The number of hydrogen-bond acceptors (Lipinski definition) is 3. The lowest BCUT2D eigenvalue weighted by Gasteiger charge is -2.40. The molecule has 2 N–H and O–H groups in total. The lowest BCUT2D eigenvalue weighted by molar-refractivity contribution is -0.210. The van der Waals surface area contributed by atoms with E-state index < -0.39 is 22.7 Å². The van der Waals surface area contributed by atoms with Crippen molar-refractivity contribution in [3.8, 4) is 0 Å². The fraction of sp³-hybridized carbons (Fsp3) is 0.875. The lowest BCUT2D eigenvalue weighted by atomic mass is 9.87. The molecular weight excluding hydrogens is 214 g/mol. The van der Waals surface area contributed by atoms with E-state index in [0.717, 1.165) is 0 Å². The Labute approximate surface area is 84.5 Å². The Bertz CT molecular complexity index is 247. The Morgan fingerprint density at radius 3 is 2.64 bits per heavy atom. The number of aliphatic hydroxyl groups is 1. The van der Waals surface area contributed by atoms with E-state index in [1.54, 1.807) is 0 Å². The minimum absolute atomic E-state index is 0.166. The van der Waals surface area contributed by atoms with Crippen molar-refractivity contribution >= 4 is 17.7 Å². The smallest absolute Gasteiger partial charge is 0.377 e. The first-order valence-corrected chi connectivity index (χ1v) is 5.32. The molecule has 3 nitrogen and oxygen atoms in total. The van der Waals surface area contributed by atoms with E-state index in [4.69, 9.17) is 5.11 Å². The molecule has 1 heterocycles. The molecule has 1 rings (SSSR count). The summed E-state index contributed by atoms with van der Waals surface area (Å²) in [5.74, 6) is -5.65. The zero-order valence-electron chi connectivity index (χ0n) is 7.67. The van der Waals surface area contributed by atoms with Crippen molar-refractivity contribution in [2.45, 2.75) is 36.5 Å². The van der Waals surface area contributed by atoms with Gasteiger partial charge in [-0.05, 0) is 18.6 Å². The van der Waals surface area contributed by atoms with Crippen LogP contribution in [0.1, 0.15) is 19.8 Å². The van der Waals surface area contributed by atoms with Gasteiger partial charge in [-0.25, -0.2) is 4.79 Å². The van der Waals surface area contributed by atoms with Crippen LogP contribution in [0.5, 0.6) is 0 Å². The number of hydrogen-bond donors (Lipinski definition) is 2. The van der Waals surface area contributed by atoms with Gasteiger partial charge in [0.15, 0.2) is 5.60 Å². The van der Waals surface area contributed by atoms with Crippen LogP contribution in [-0.4, -0.2) is 38.7 Å². The van der Waals surface area contributed by atoms with Crippen LogP contribution in [-0.2, 0) is 4.79 Å². The summed E-state index contributed by atoms with van der Waals surface area (Å²) in [6.45, 7) is 1.43. The van der Waals surface area contributed by atoms with Crippen molar-refractivity contribution in [2.24, 2.45) is 0 Å². The molecule has 0 saturated carbocycles. The first-order chi connectivity index (χ1) is 6.32. The Hall–Kier alpha value is -0.360. The molecule has 1 saturated heterocycles. The van der Waals surface area contributed by atoms with Crippen LogP contribution in [0.3, 0.4) is 0 Å². The number of rotatable bonds is 2. The largest absolute Gasteiger partial charge is 0.477 e. The van der Waals surface area contributed by atoms with Crippen molar-refractivity contribution in [1.29, 1.82) is 0 Å². The van der Waals surface area contributed by atoms with E-state index in [0.29, 0.717) is 12.2 Å². The van der Waals surface area contributed by atoms with Gasteiger partial charge in [0.25, 0.3) is 0 Å². The van der Waals surface area contributed by atoms with Crippen molar-refractivity contribution in [2.75, 3.05) is 5.75 Å². The monoisotopic (exact) mass is 226 g/mol. The maximum atomic E-state index is 13.2. The molecule has 1 fully saturated rings. The van der Waals surface area contributed by atoms with Gasteiger partial charge in [0, 0.05) is 5.25 Å². The normalized spacial score (nSPS) is 34.1. The number of aliphatic carboxylic acids is 1. The van der Waals surface area contributed by atoms with Crippen molar-refractivity contribution in [3.05, 3.63) is 0 Å². The molecule has 0 spiro atoms. The number of carboxylic acid groups (broad SMARTS) is 1. The van der Waals surface area contributed by atoms with Crippen LogP contribution in [0, 0.1) is 0 Å². The molecule has 0 radical (unpaired) electrons. The number of alkyl halides is 2. The van der Waals surface area contributed by atoms with Crippen LogP contribution in [0.25, 0.3) is 0 Å². The number of thioether (sulfide) groups is 1. The maximum Gasteiger partial charge on any atom is 0.377 e. The van der Waals surface area contributed by atoms with E-state index in [-0.39, 0.29) is 6.42 Å². The predicted molar refractivity (Wildman–Crippen MR) is 48.7 cm³/mol. The number of halogens is 2. The molecule has 1 aliphatic rings. The van der Waals surface area contributed by atoms with Gasteiger partial charge in [-0.1, -0.05) is 6.92 Å². The zero-order chi connectivity index (χ0) is 11.0. The average Bonchev–Trinajstić information content (AvgIpc) is 2.09. The molecule has 14 heavy (non-hydrogen) atoms. The third kappa shape index (κ3) is 1.61. The van der Waals surface area contributed by atoms with Gasteiger partial charge in [-0.15, -0.1) is 0 Å². The van der Waals surface area contributed by atoms with E-state index in [9.17, 15) is 18.7 Å². The highest BCUT2D eigenvalue weighted by molar-refractivity contribution is 8.00. The first kappa shape index (κ1) is 11.7. The second-order valence-corrected chi connectivity index (χ2v) is 4.87. The Balaban J connectivity index is 2.96. The fourth-order valence-corrected chi connectivity index (χ4v) is 2.75. The first-order valence-electron chi connectivity index (χ1n) is 4.27. The minimum atomic E-state index is -4.07. The molecule has 0 aromatic rings. The van der Waals surface area contributed by atoms with Crippen LogP contribution < -0.4 is 0 Å². The van der Waals surface area contributed by atoms with Gasteiger partial charge in [0.2, 0.25) is 0 Å².